The zero-order valence-electron chi connectivity index (χ0n) is 13.6. The molecule has 122 valence electrons. The van der Waals surface area contributed by atoms with Crippen molar-refractivity contribution >= 4 is 17.2 Å². The topological polar surface area (TPSA) is 72.2 Å². The summed E-state index contributed by atoms with van der Waals surface area (Å²) in [6.07, 6.45) is 2.45. The summed E-state index contributed by atoms with van der Waals surface area (Å²) in [5, 5.41) is 14.1. The Labute approximate surface area is 140 Å². The summed E-state index contributed by atoms with van der Waals surface area (Å²) in [6, 6.07) is 13.7. The zero-order valence-corrected chi connectivity index (χ0v) is 13.6. The number of non-ortho nitro benzene ring substituents is 1. The van der Waals surface area contributed by atoms with Gasteiger partial charge in [-0.05, 0) is 38.0 Å². The van der Waals surface area contributed by atoms with Crippen molar-refractivity contribution in [2.45, 2.75) is 25.8 Å². The van der Waals surface area contributed by atoms with Crippen molar-refractivity contribution in [3.63, 3.8) is 0 Å². The molecule has 1 heterocycles. The van der Waals surface area contributed by atoms with Crippen LogP contribution in [0.1, 0.15) is 35.3 Å². The third kappa shape index (κ3) is 3.20. The smallest absolute Gasteiger partial charge is 0.269 e. The van der Waals surface area contributed by atoms with Crippen molar-refractivity contribution in [2.24, 2.45) is 0 Å². The van der Waals surface area contributed by atoms with Gasteiger partial charge in [-0.1, -0.05) is 24.3 Å². The first kappa shape index (κ1) is 15.9. The third-order valence-electron chi connectivity index (χ3n) is 4.05. The Balaban J connectivity index is 1.95. The SMILES string of the molecule is CC1(C)Cc2ccccc2/C(=C/C(=O)c2ccc([N+](=O)[O-])cc2)N1. The fourth-order valence-electron chi connectivity index (χ4n) is 2.97. The number of allylic oxidation sites excluding steroid dienone is 1. The maximum absolute atomic E-state index is 12.5. The molecule has 3 rings (SSSR count). The molecule has 5 heteroatoms. The Morgan fingerprint density at radius 2 is 1.83 bits per heavy atom. The number of fused-ring (bicyclic) bond motifs is 1. The molecular weight excluding hydrogens is 304 g/mol. The summed E-state index contributed by atoms with van der Waals surface area (Å²) in [5.41, 5.74) is 3.26. The van der Waals surface area contributed by atoms with Gasteiger partial charge in [0.2, 0.25) is 0 Å². The number of rotatable bonds is 3. The zero-order chi connectivity index (χ0) is 17.3. The molecule has 0 unspecified atom stereocenters. The molecule has 5 nitrogen and oxygen atoms in total. The first-order chi connectivity index (χ1) is 11.4. The second-order valence-electron chi connectivity index (χ2n) is 6.57. The maximum Gasteiger partial charge on any atom is 0.269 e. The highest BCUT2D eigenvalue weighted by Gasteiger charge is 2.27. The predicted molar refractivity (Wildman–Crippen MR) is 92.8 cm³/mol. The molecule has 0 atom stereocenters. The molecule has 0 aromatic heterocycles. The van der Waals surface area contributed by atoms with E-state index in [-0.39, 0.29) is 17.0 Å². The Bertz CT molecular complexity index is 836. The van der Waals surface area contributed by atoms with Crippen LogP contribution in [-0.2, 0) is 6.42 Å². The number of ketones is 1. The van der Waals surface area contributed by atoms with Gasteiger partial charge in [0.15, 0.2) is 5.78 Å². The highest BCUT2D eigenvalue weighted by Crippen LogP contribution is 2.29. The predicted octanol–water partition coefficient (Wildman–Crippen LogP) is 3.74. The number of hydrogen-bond acceptors (Lipinski definition) is 4. The number of carbonyl (C=O) groups excluding carboxylic acids is 1. The Morgan fingerprint density at radius 3 is 2.50 bits per heavy atom. The van der Waals surface area contributed by atoms with Gasteiger partial charge in [0.05, 0.1) is 4.92 Å². The van der Waals surface area contributed by atoms with Crippen molar-refractivity contribution in [2.75, 3.05) is 0 Å². The molecule has 0 aliphatic carbocycles. The van der Waals surface area contributed by atoms with Gasteiger partial charge < -0.3 is 5.32 Å². The van der Waals surface area contributed by atoms with Crippen LogP contribution in [0.25, 0.3) is 5.70 Å². The van der Waals surface area contributed by atoms with Crippen molar-refractivity contribution in [3.05, 3.63) is 81.4 Å². The van der Waals surface area contributed by atoms with Crippen LogP contribution >= 0.6 is 0 Å². The lowest BCUT2D eigenvalue weighted by atomic mass is 9.85. The van der Waals surface area contributed by atoms with Crippen molar-refractivity contribution in [1.29, 1.82) is 0 Å². The monoisotopic (exact) mass is 322 g/mol. The number of nitro groups is 1. The standard InChI is InChI=1S/C19H18N2O3/c1-19(2)12-14-5-3-4-6-16(14)17(20-19)11-18(22)13-7-9-15(10-8-13)21(23)24/h3-11,20H,12H2,1-2H3/b17-11-. The summed E-state index contributed by atoms with van der Waals surface area (Å²) in [6.45, 7) is 4.18. The summed E-state index contributed by atoms with van der Waals surface area (Å²) in [7, 11) is 0. The van der Waals surface area contributed by atoms with Gasteiger partial charge in [-0.25, -0.2) is 0 Å². The molecule has 0 radical (unpaired) electrons. The minimum absolute atomic E-state index is 0.0264. The minimum atomic E-state index is -0.478. The van der Waals surface area contributed by atoms with E-state index in [1.165, 1.54) is 29.8 Å². The molecule has 24 heavy (non-hydrogen) atoms. The molecule has 0 bridgehead atoms. The van der Waals surface area contributed by atoms with E-state index in [0.29, 0.717) is 5.56 Å². The molecule has 1 N–H and O–H groups in total. The molecule has 0 amide bonds. The van der Waals surface area contributed by atoms with E-state index in [0.717, 1.165) is 17.7 Å². The van der Waals surface area contributed by atoms with Gasteiger partial charge >= 0.3 is 0 Å². The van der Waals surface area contributed by atoms with Gasteiger partial charge in [0, 0.05) is 40.6 Å². The fraction of sp³-hybridized carbons (Fsp3) is 0.211. The van der Waals surface area contributed by atoms with E-state index in [4.69, 9.17) is 0 Å². The molecule has 0 saturated carbocycles. The Kier molecular flexibility index (Phi) is 3.93. The van der Waals surface area contributed by atoms with Crippen LogP contribution in [0.2, 0.25) is 0 Å². The van der Waals surface area contributed by atoms with Crippen LogP contribution in [0.15, 0.2) is 54.6 Å². The lowest BCUT2D eigenvalue weighted by Gasteiger charge is -2.35. The number of carbonyl (C=O) groups is 1. The van der Waals surface area contributed by atoms with Crippen LogP contribution in [0.4, 0.5) is 5.69 Å². The van der Waals surface area contributed by atoms with Crippen LogP contribution < -0.4 is 5.32 Å². The molecule has 0 spiro atoms. The van der Waals surface area contributed by atoms with E-state index in [9.17, 15) is 14.9 Å². The van der Waals surface area contributed by atoms with E-state index >= 15 is 0 Å². The number of nitrogens with zero attached hydrogens (tertiary/aromatic N) is 1. The van der Waals surface area contributed by atoms with Crippen LogP contribution in [0.5, 0.6) is 0 Å². The molecule has 1 aliphatic heterocycles. The summed E-state index contributed by atoms with van der Waals surface area (Å²) < 4.78 is 0. The molecular formula is C19H18N2O3. The Morgan fingerprint density at radius 1 is 1.17 bits per heavy atom. The second-order valence-corrected chi connectivity index (χ2v) is 6.57. The largest absolute Gasteiger partial charge is 0.379 e. The summed E-state index contributed by atoms with van der Waals surface area (Å²) in [4.78, 5) is 22.8. The highest BCUT2D eigenvalue weighted by molar-refractivity contribution is 6.08. The van der Waals surface area contributed by atoms with Gasteiger partial charge in [-0.2, -0.15) is 0 Å². The minimum Gasteiger partial charge on any atom is -0.379 e. The first-order valence-electron chi connectivity index (χ1n) is 7.73. The number of hydrogen-bond donors (Lipinski definition) is 1. The molecule has 0 saturated heterocycles. The number of nitro benzene ring substituents is 1. The van der Waals surface area contributed by atoms with Gasteiger partial charge in [-0.3, -0.25) is 14.9 Å². The molecule has 0 fully saturated rings. The third-order valence-corrected chi connectivity index (χ3v) is 4.05. The number of benzene rings is 2. The lowest BCUT2D eigenvalue weighted by molar-refractivity contribution is -0.384. The van der Waals surface area contributed by atoms with Crippen molar-refractivity contribution < 1.29 is 9.72 Å². The quantitative estimate of drug-likeness (QED) is 0.404. The maximum atomic E-state index is 12.5. The lowest BCUT2D eigenvalue weighted by Crippen LogP contribution is -2.43. The van der Waals surface area contributed by atoms with Crippen molar-refractivity contribution in [3.8, 4) is 0 Å². The average molecular weight is 322 g/mol. The highest BCUT2D eigenvalue weighted by atomic mass is 16.6. The van der Waals surface area contributed by atoms with Gasteiger partial charge in [0.1, 0.15) is 0 Å². The number of nitrogens with one attached hydrogen (secondary N) is 1. The van der Waals surface area contributed by atoms with E-state index in [1.807, 2.05) is 18.2 Å². The first-order valence-corrected chi connectivity index (χ1v) is 7.73. The summed E-state index contributed by atoms with van der Waals surface area (Å²) >= 11 is 0. The van der Waals surface area contributed by atoms with Crippen LogP contribution in [-0.4, -0.2) is 16.2 Å². The van der Waals surface area contributed by atoms with Gasteiger partial charge in [-0.15, -0.1) is 0 Å². The van der Waals surface area contributed by atoms with Crippen LogP contribution in [0.3, 0.4) is 0 Å². The second kappa shape index (κ2) is 5.92. The fourth-order valence-corrected chi connectivity index (χ4v) is 2.97. The Hall–Kier alpha value is -2.95. The summed E-state index contributed by atoms with van der Waals surface area (Å²) in [5.74, 6) is -0.181. The van der Waals surface area contributed by atoms with Gasteiger partial charge in [0.25, 0.3) is 5.69 Å². The molecule has 2 aromatic carbocycles. The van der Waals surface area contributed by atoms with E-state index in [2.05, 4.69) is 25.2 Å². The normalized spacial score (nSPS) is 17.0. The average Bonchev–Trinajstić information content (AvgIpc) is 2.53. The van der Waals surface area contributed by atoms with E-state index < -0.39 is 4.92 Å². The van der Waals surface area contributed by atoms with Crippen molar-refractivity contribution in [1.82, 2.24) is 5.32 Å². The van der Waals surface area contributed by atoms with Crippen LogP contribution in [0, 0.1) is 10.1 Å². The van der Waals surface area contributed by atoms with E-state index in [1.54, 1.807) is 6.08 Å². The molecule has 1 aliphatic rings. The molecule has 2 aromatic rings.